The Morgan fingerprint density at radius 1 is 1.25 bits per heavy atom. The van der Waals surface area contributed by atoms with Gasteiger partial charge in [-0.1, -0.05) is 18.2 Å². The molecule has 2 amide bonds. The van der Waals surface area contributed by atoms with Crippen molar-refractivity contribution in [2.75, 3.05) is 18.5 Å². The van der Waals surface area contributed by atoms with Crippen LogP contribution in [0.3, 0.4) is 0 Å². The number of fused-ring (bicyclic) bond motifs is 3. The van der Waals surface area contributed by atoms with E-state index in [1.807, 2.05) is 24.3 Å². The number of likely N-dealkylation sites (N-methyl/N-ethyl adjacent to an activating group) is 1. The van der Waals surface area contributed by atoms with Crippen molar-refractivity contribution < 1.29 is 9.59 Å². The summed E-state index contributed by atoms with van der Waals surface area (Å²) in [6, 6.07) is 7.41. The first kappa shape index (κ1) is 9.39. The third-order valence-corrected chi connectivity index (χ3v) is 3.28. The number of carbonyl (C=O) groups is 2. The largest absolute Gasteiger partial charge is 0.335 e. The highest BCUT2D eigenvalue weighted by molar-refractivity contribution is 6.08. The number of amides is 2. The van der Waals surface area contributed by atoms with E-state index in [4.69, 9.17) is 0 Å². The van der Waals surface area contributed by atoms with Crippen LogP contribution in [0.25, 0.3) is 0 Å². The molecule has 0 spiro atoms. The number of anilines is 1. The van der Waals surface area contributed by atoms with E-state index in [1.54, 1.807) is 11.9 Å². The van der Waals surface area contributed by atoms with Crippen molar-refractivity contribution in [3.05, 3.63) is 29.8 Å². The number of carbonyl (C=O) groups excluding carboxylic acids is 2. The van der Waals surface area contributed by atoms with Gasteiger partial charge in [-0.3, -0.25) is 14.5 Å². The minimum absolute atomic E-state index is 0.0112. The summed E-state index contributed by atoms with van der Waals surface area (Å²) in [5, 5.41) is 0. The molecule has 0 unspecified atom stereocenters. The maximum absolute atomic E-state index is 12.0. The highest BCUT2D eigenvalue weighted by Crippen LogP contribution is 2.34. The van der Waals surface area contributed by atoms with Crippen LogP contribution < -0.4 is 4.90 Å². The third kappa shape index (κ3) is 1.10. The zero-order valence-electron chi connectivity index (χ0n) is 9.01. The second-order valence-electron chi connectivity index (χ2n) is 4.31. The van der Waals surface area contributed by atoms with Crippen LogP contribution in [0.1, 0.15) is 5.56 Å². The predicted octanol–water partition coefficient (Wildman–Crippen LogP) is 0.416. The lowest BCUT2D eigenvalue weighted by Gasteiger charge is -2.34. The molecule has 2 aliphatic rings. The molecule has 4 heteroatoms. The van der Waals surface area contributed by atoms with Gasteiger partial charge in [-0.05, 0) is 11.6 Å². The molecular formula is C12H12N2O2. The lowest BCUT2D eigenvalue weighted by Crippen LogP contribution is -2.57. The molecule has 3 rings (SSSR count). The van der Waals surface area contributed by atoms with E-state index in [1.165, 1.54) is 4.90 Å². The van der Waals surface area contributed by atoms with E-state index < -0.39 is 0 Å². The van der Waals surface area contributed by atoms with Gasteiger partial charge in [-0.2, -0.15) is 0 Å². The molecule has 2 heterocycles. The predicted molar refractivity (Wildman–Crippen MR) is 59.1 cm³/mol. The maximum atomic E-state index is 12.0. The average Bonchev–Trinajstić information content (AvgIpc) is 2.65. The fourth-order valence-electron chi connectivity index (χ4n) is 2.50. The number of piperazine rings is 1. The van der Waals surface area contributed by atoms with Gasteiger partial charge in [0.05, 0.1) is 6.54 Å². The second-order valence-corrected chi connectivity index (χ2v) is 4.31. The normalized spacial score (nSPS) is 23.4. The van der Waals surface area contributed by atoms with Gasteiger partial charge in [0.15, 0.2) is 0 Å². The highest BCUT2D eigenvalue weighted by Gasteiger charge is 2.43. The van der Waals surface area contributed by atoms with Crippen LogP contribution in [0, 0.1) is 0 Å². The van der Waals surface area contributed by atoms with Crippen molar-refractivity contribution in [3.63, 3.8) is 0 Å². The molecule has 1 aromatic carbocycles. The minimum atomic E-state index is -0.316. The van der Waals surface area contributed by atoms with Crippen molar-refractivity contribution in [1.82, 2.24) is 4.90 Å². The lowest BCUT2D eigenvalue weighted by atomic mass is 10.1. The average molecular weight is 216 g/mol. The molecule has 1 fully saturated rings. The SMILES string of the molecule is CN1CC(=O)N2c3ccccc3C[C@@H]2C1=O. The Hall–Kier alpha value is -1.84. The Balaban J connectivity index is 2.08. The first-order chi connectivity index (χ1) is 7.68. The van der Waals surface area contributed by atoms with Crippen LogP contribution in [-0.2, 0) is 16.0 Å². The number of nitrogens with zero attached hydrogens (tertiary/aromatic N) is 2. The fraction of sp³-hybridized carbons (Fsp3) is 0.333. The van der Waals surface area contributed by atoms with Crippen molar-refractivity contribution in [2.45, 2.75) is 12.5 Å². The Morgan fingerprint density at radius 2 is 2.00 bits per heavy atom. The Bertz CT molecular complexity index is 484. The monoisotopic (exact) mass is 216 g/mol. The van der Waals surface area contributed by atoms with E-state index in [-0.39, 0.29) is 24.4 Å². The molecule has 0 N–H and O–H groups in total. The summed E-state index contributed by atoms with van der Waals surface area (Å²) in [7, 11) is 1.68. The van der Waals surface area contributed by atoms with Gasteiger partial charge in [0.2, 0.25) is 11.8 Å². The van der Waals surface area contributed by atoms with Crippen LogP contribution >= 0.6 is 0 Å². The second kappa shape index (κ2) is 3.07. The van der Waals surface area contributed by atoms with E-state index in [2.05, 4.69) is 0 Å². The number of hydrogen-bond donors (Lipinski definition) is 0. The van der Waals surface area contributed by atoms with E-state index in [0.29, 0.717) is 6.42 Å². The quantitative estimate of drug-likeness (QED) is 0.630. The zero-order valence-corrected chi connectivity index (χ0v) is 9.01. The minimum Gasteiger partial charge on any atom is -0.335 e. The molecule has 82 valence electrons. The van der Waals surface area contributed by atoms with Crippen LogP contribution in [-0.4, -0.2) is 36.3 Å². The van der Waals surface area contributed by atoms with Crippen molar-refractivity contribution in [3.8, 4) is 0 Å². The molecule has 0 radical (unpaired) electrons. The summed E-state index contributed by atoms with van der Waals surface area (Å²) < 4.78 is 0. The number of benzene rings is 1. The topological polar surface area (TPSA) is 40.6 Å². The Kier molecular flexibility index (Phi) is 1.80. The lowest BCUT2D eigenvalue weighted by molar-refractivity contribution is -0.139. The van der Waals surface area contributed by atoms with Gasteiger partial charge in [-0.25, -0.2) is 0 Å². The van der Waals surface area contributed by atoms with Gasteiger partial charge < -0.3 is 4.90 Å². The van der Waals surface area contributed by atoms with E-state index in [0.717, 1.165) is 11.3 Å². The number of hydrogen-bond acceptors (Lipinski definition) is 2. The summed E-state index contributed by atoms with van der Waals surface area (Å²) in [6.45, 7) is 0.184. The molecule has 0 aromatic heterocycles. The molecule has 0 bridgehead atoms. The number of para-hydroxylation sites is 1. The molecule has 1 atom stereocenters. The Morgan fingerprint density at radius 3 is 2.81 bits per heavy atom. The van der Waals surface area contributed by atoms with Crippen LogP contribution in [0.2, 0.25) is 0 Å². The molecule has 0 aliphatic carbocycles. The fourth-order valence-corrected chi connectivity index (χ4v) is 2.50. The summed E-state index contributed by atoms with van der Waals surface area (Å²) in [5.41, 5.74) is 1.99. The van der Waals surface area contributed by atoms with Gasteiger partial charge in [-0.15, -0.1) is 0 Å². The van der Waals surface area contributed by atoms with Crippen LogP contribution in [0.5, 0.6) is 0 Å². The highest BCUT2D eigenvalue weighted by atomic mass is 16.2. The van der Waals surface area contributed by atoms with Crippen LogP contribution in [0.15, 0.2) is 24.3 Å². The smallest absolute Gasteiger partial charge is 0.247 e. The van der Waals surface area contributed by atoms with E-state index in [9.17, 15) is 9.59 Å². The maximum Gasteiger partial charge on any atom is 0.247 e. The molecule has 0 saturated carbocycles. The van der Waals surface area contributed by atoms with Crippen molar-refractivity contribution in [1.29, 1.82) is 0 Å². The van der Waals surface area contributed by atoms with Gasteiger partial charge in [0.25, 0.3) is 0 Å². The third-order valence-electron chi connectivity index (χ3n) is 3.28. The van der Waals surface area contributed by atoms with Gasteiger partial charge in [0, 0.05) is 19.2 Å². The van der Waals surface area contributed by atoms with Crippen LogP contribution in [0.4, 0.5) is 5.69 Å². The summed E-state index contributed by atoms with van der Waals surface area (Å²) >= 11 is 0. The zero-order chi connectivity index (χ0) is 11.3. The van der Waals surface area contributed by atoms with E-state index >= 15 is 0 Å². The molecule has 4 nitrogen and oxygen atoms in total. The molecule has 2 aliphatic heterocycles. The summed E-state index contributed by atoms with van der Waals surface area (Å²) in [6.07, 6.45) is 0.644. The summed E-state index contributed by atoms with van der Waals surface area (Å²) in [4.78, 5) is 27.0. The molecular weight excluding hydrogens is 204 g/mol. The Labute approximate surface area is 93.5 Å². The molecule has 1 aromatic rings. The van der Waals surface area contributed by atoms with Crippen molar-refractivity contribution in [2.24, 2.45) is 0 Å². The first-order valence-corrected chi connectivity index (χ1v) is 5.33. The van der Waals surface area contributed by atoms with Gasteiger partial charge >= 0.3 is 0 Å². The standard InChI is InChI=1S/C12H12N2O2/c1-13-7-11(15)14-9-5-3-2-4-8(9)6-10(14)12(13)16/h2-5,10H,6-7H2,1H3/t10-/m1/s1. The molecule has 16 heavy (non-hydrogen) atoms. The van der Waals surface area contributed by atoms with Crippen molar-refractivity contribution >= 4 is 17.5 Å². The molecule has 1 saturated heterocycles. The van der Waals surface area contributed by atoms with Gasteiger partial charge in [0.1, 0.15) is 6.04 Å². The summed E-state index contributed by atoms with van der Waals surface area (Å²) in [5.74, 6) is 0.0489. The number of rotatable bonds is 0. The first-order valence-electron chi connectivity index (χ1n) is 5.33.